The molecule has 238 valence electrons. The lowest BCUT2D eigenvalue weighted by Crippen LogP contribution is -2.20. The van der Waals surface area contributed by atoms with E-state index in [0.29, 0.717) is 0 Å². The zero-order valence-corrected chi connectivity index (χ0v) is 28.3. The number of hydrogen-bond donors (Lipinski definition) is 0. The van der Waals surface area contributed by atoms with Crippen molar-refractivity contribution < 1.29 is 4.57 Å². The lowest BCUT2D eigenvalue weighted by molar-refractivity contribution is 0.593. The van der Waals surface area contributed by atoms with Gasteiger partial charge in [-0.2, -0.15) is 0 Å². The molecule has 10 aromatic rings. The van der Waals surface area contributed by atoms with Gasteiger partial charge in [-0.1, -0.05) is 121 Å². The second-order valence-corrected chi connectivity index (χ2v) is 16.0. The summed E-state index contributed by atoms with van der Waals surface area (Å²) in [5.41, 5.74) is 10.6. The van der Waals surface area contributed by atoms with Gasteiger partial charge in [0.25, 0.3) is 0 Å². The summed E-state index contributed by atoms with van der Waals surface area (Å²) >= 11 is 0. The van der Waals surface area contributed by atoms with Crippen molar-refractivity contribution in [2.24, 2.45) is 0 Å². The van der Waals surface area contributed by atoms with E-state index in [1.165, 1.54) is 16.2 Å². The fourth-order valence-electron chi connectivity index (χ4n) is 8.30. The van der Waals surface area contributed by atoms with Crippen LogP contribution in [0.5, 0.6) is 0 Å². The van der Waals surface area contributed by atoms with Crippen LogP contribution < -0.4 is 15.9 Å². The van der Waals surface area contributed by atoms with E-state index in [0.717, 1.165) is 82.3 Å². The molecule has 0 radical (unpaired) electrons. The van der Waals surface area contributed by atoms with Gasteiger partial charge in [0.15, 0.2) is 7.14 Å². The molecule has 0 aliphatic carbocycles. The number of imidazole rings is 1. The Balaban J connectivity index is 1.14. The number of pyridine rings is 2. The lowest BCUT2D eigenvalue weighted by atomic mass is 9.96. The van der Waals surface area contributed by atoms with E-state index in [-0.39, 0.29) is 0 Å². The topological polar surface area (TPSA) is 47.3 Å². The van der Waals surface area contributed by atoms with Crippen LogP contribution in [0.25, 0.3) is 82.5 Å². The maximum atomic E-state index is 15.1. The van der Waals surface area contributed by atoms with Gasteiger partial charge in [0, 0.05) is 50.0 Å². The second-order valence-electron chi connectivity index (χ2n) is 13.3. The van der Waals surface area contributed by atoms with Crippen molar-refractivity contribution in [2.75, 3.05) is 0 Å². The highest BCUT2D eigenvalue weighted by Gasteiger charge is 2.39. The smallest absolute Gasteiger partial charge is 0.172 e. The number of nitrogens with zero attached hydrogens (tertiary/aromatic N) is 3. The van der Waals surface area contributed by atoms with Crippen LogP contribution in [0, 0.1) is 0 Å². The van der Waals surface area contributed by atoms with E-state index < -0.39 is 7.14 Å². The van der Waals surface area contributed by atoms with Gasteiger partial charge in [0.05, 0.1) is 16.6 Å². The SMILES string of the molecule is O=P1(c2ccc(-c3ccc4c(c3)c3c5ccccc5ccc3c3nc5ccc(-c6cccnc6)cc5n43)cc2)c2ccccc2-c2ccccc21. The molecular formula is C46H28N3OP. The summed E-state index contributed by atoms with van der Waals surface area (Å²) in [4.78, 5) is 9.59. The van der Waals surface area contributed by atoms with Gasteiger partial charge < -0.3 is 4.57 Å². The monoisotopic (exact) mass is 669 g/mol. The molecular weight excluding hydrogens is 642 g/mol. The maximum Gasteiger partial charge on any atom is 0.172 e. The molecule has 0 atom stereocenters. The third kappa shape index (κ3) is 4.00. The average Bonchev–Trinajstić information content (AvgIpc) is 3.72. The van der Waals surface area contributed by atoms with Crippen molar-refractivity contribution in [3.05, 3.63) is 170 Å². The zero-order chi connectivity index (χ0) is 33.7. The van der Waals surface area contributed by atoms with E-state index in [4.69, 9.17) is 4.98 Å². The van der Waals surface area contributed by atoms with Crippen LogP contribution in [-0.4, -0.2) is 14.4 Å². The highest BCUT2D eigenvalue weighted by molar-refractivity contribution is 7.86. The van der Waals surface area contributed by atoms with Crippen LogP contribution in [0.4, 0.5) is 0 Å². The number of fused-ring (bicyclic) bond motifs is 13. The maximum absolute atomic E-state index is 15.1. The first-order valence-corrected chi connectivity index (χ1v) is 18.9. The van der Waals surface area contributed by atoms with Gasteiger partial charge in [-0.25, -0.2) is 4.98 Å². The van der Waals surface area contributed by atoms with Gasteiger partial charge in [-0.05, 0) is 75.0 Å². The minimum atomic E-state index is -3.00. The largest absolute Gasteiger partial charge is 0.309 e. The average molecular weight is 670 g/mol. The number of benzene rings is 7. The van der Waals surface area contributed by atoms with Crippen LogP contribution in [0.3, 0.4) is 0 Å². The Morgan fingerprint density at radius 1 is 0.510 bits per heavy atom. The summed E-state index contributed by atoms with van der Waals surface area (Å²) in [5.74, 6) is 0. The minimum absolute atomic E-state index is 0.858. The third-order valence-corrected chi connectivity index (χ3v) is 13.8. The molecule has 0 spiro atoms. The molecule has 0 saturated carbocycles. The van der Waals surface area contributed by atoms with Crippen LogP contribution in [0.1, 0.15) is 0 Å². The summed E-state index contributed by atoms with van der Waals surface area (Å²) in [7, 11) is -3.00. The fourth-order valence-corrected chi connectivity index (χ4v) is 11.3. The van der Waals surface area contributed by atoms with Gasteiger partial charge in [-0.15, -0.1) is 0 Å². The van der Waals surface area contributed by atoms with E-state index in [2.05, 4.69) is 125 Å². The van der Waals surface area contributed by atoms with Crippen molar-refractivity contribution in [3.8, 4) is 33.4 Å². The van der Waals surface area contributed by atoms with Crippen LogP contribution in [0.15, 0.2) is 170 Å². The van der Waals surface area contributed by atoms with Crippen molar-refractivity contribution in [3.63, 3.8) is 0 Å². The molecule has 5 heteroatoms. The Bertz CT molecular complexity index is 3060. The first-order valence-electron chi connectivity index (χ1n) is 17.2. The van der Waals surface area contributed by atoms with Crippen LogP contribution in [-0.2, 0) is 4.57 Å². The Labute approximate surface area is 293 Å². The predicted molar refractivity (Wildman–Crippen MR) is 212 cm³/mol. The normalized spacial score (nSPS) is 13.3. The van der Waals surface area contributed by atoms with Crippen molar-refractivity contribution in [1.29, 1.82) is 0 Å². The van der Waals surface area contributed by atoms with Crippen molar-refractivity contribution in [2.45, 2.75) is 0 Å². The minimum Gasteiger partial charge on any atom is -0.309 e. The van der Waals surface area contributed by atoms with Gasteiger partial charge in [-0.3, -0.25) is 9.38 Å². The molecule has 0 bridgehead atoms. The number of hydrogen-bond acceptors (Lipinski definition) is 3. The standard InChI is InChI=1S/C46H28N3OP/c50-51(43-13-5-3-11-36(43)37-12-4-6-14-44(37)51)34-20-15-29(16-21-34)31-19-24-41-39(26-31)45-35-10-2-1-8-30(35)17-22-38(45)46-48-40-23-18-32(27-42(40)49(41)46)33-9-7-25-47-28-33/h1-28H. The molecule has 51 heavy (non-hydrogen) atoms. The molecule has 0 amide bonds. The first-order chi connectivity index (χ1) is 25.2. The molecule has 7 aromatic carbocycles. The molecule has 0 saturated heterocycles. The summed E-state index contributed by atoms with van der Waals surface area (Å²) < 4.78 is 17.4. The van der Waals surface area contributed by atoms with E-state index in [9.17, 15) is 0 Å². The van der Waals surface area contributed by atoms with Crippen LogP contribution >= 0.6 is 7.14 Å². The van der Waals surface area contributed by atoms with E-state index >= 15 is 4.57 Å². The van der Waals surface area contributed by atoms with Crippen molar-refractivity contribution >= 4 is 72.2 Å². The summed E-state index contributed by atoms with van der Waals surface area (Å²) in [6, 6.07) is 55.0. The Kier molecular flexibility index (Phi) is 5.91. The third-order valence-electron chi connectivity index (χ3n) is 10.7. The lowest BCUT2D eigenvalue weighted by Gasteiger charge is -2.17. The molecule has 0 N–H and O–H groups in total. The number of rotatable bonds is 3. The molecule has 4 heterocycles. The molecule has 1 aliphatic rings. The molecule has 1 aliphatic heterocycles. The zero-order valence-electron chi connectivity index (χ0n) is 27.4. The van der Waals surface area contributed by atoms with Crippen LogP contribution in [0.2, 0.25) is 0 Å². The summed E-state index contributed by atoms with van der Waals surface area (Å²) in [6.45, 7) is 0. The first kappa shape index (κ1) is 28.5. The van der Waals surface area contributed by atoms with E-state index in [1.54, 1.807) is 6.20 Å². The summed E-state index contributed by atoms with van der Waals surface area (Å²) in [5, 5.41) is 8.57. The van der Waals surface area contributed by atoms with Gasteiger partial charge in [0.1, 0.15) is 5.65 Å². The number of aromatic nitrogens is 3. The highest BCUT2D eigenvalue weighted by atomic mass is 31.2. The van der Waals surface area contributed by atoms with Gasteiger partial charge >= 0.3 is 0 Å². The van der Waals surface area contributed by atoms with Crippen molar-refractivity contribution in [1.82, 2.24) is 14.4 Å². The Morgan fingerprint density at radius 2 is 1.22 bits per heavy atom. The Morgan fingerprint density at radius 3 is 2.00 bits per heavy atom. The van der Waals surface area contributed by atoms with Gasteiger partial charge in [0.2, 0.25) is 0 Å². The molecule has 0 fully saturated rings. The molecule has 4 nitrogen and oxygen atoms in total. The molecule has 0 unspecified atom stereocenters. The van der Waals surface area contributed by atoms with E-state index in [1.807, 2.05) is 48.7 Å². The highest BCUT2D eigenvalue weighted by Crippen LogP contribution is 2.52. The predicted octanol–water partition coefficient (Wildman–Crippen LogP) is 10.3. The molecule has 11 rings (SSSR count). The second kappa shape index (κ2) is 10.6. The fraction of sp³-hybridized carbons (Fsp3) is 0. The quantitative estimate of drug-likeness (QED) is 0.139. The Hall–Kier alpha value is -6.35. The molecule has 3 aromatic heterocycles. The summed E-state index contributed by atoms with van der Waals surface area (Å²) in [6.07, 6.45) is 3.71.